The van der Waals surface area contributed by atoms with Crippen molar-refractivity contribution >= 4 is 27.2 Å². The number of fused-ring (bicyclic) bond motifs is 1. The van der Waals surface area contributed by atoms with Gasteiger partial charge in [-0.3, -0.25) is 13.9 Å². The number of aliphatic carboxylic acids is 1. The predicted molar refractivity (Wildman–Crippen MR) is 95.6 cm³/mol. The molecule has 0 unspecified atom stereocenters. The molecule has 142 valence electrons. The highest BCUT2D eigenvalue weighted by molar-refractivity contribution is 7.89. The molecule has 0 bridgehead atoms. The SMILES string of the molecule is CCCS(=O)(=O)N1CCC(n2c(=O)n(CC(=O)O)c3cccnc32)CC1. The summed E-state index contributed by atoms with van der Waals surface area (Å²) in [6, 6.07) is 3.12. The average Bonchev–Trinajstić information content (AvgIpc) is 2.87. The first-order valence-corrected chi connectivity index (χ1v) is 10.2. The molecule has 3 heterocycles. The summed E-state index contributed by atoms with van der Waals surface area (Å²) in [6.07, 6.45) is 3.11. The average molecular weight is 382 g/mol. The molecule has 0 spiro atoms. The Morgan fingerprint density at radius 1 is 1.35 bits per heavy atom. The van der Waals surface area contributed by atoms with Gasteiger partial charge in [0.05, 0.1) is 11.3 Å². The monoisotopic (exact) mass is 382 g/mol. The lowest BCUT2D eigenvalue weighted by atomic mass is 10.1. The number of sulfonamides is 1. The van der Waals surface area contributed by atoms with E-state index in [1.807, 2.05) is 6.92 Å². The summed E-state index contributed by atoms with van der Waals surface area (Å²) in [6.45, 7) is 2.08. The molecule has 0 radical (unpaired) electrons. The van der Waals surface area contributed by atoms with Crippen LogP contribution in [0.1, 0.15) is 32.2 Å². The van der Waals surface area contributed by atoms with Gasteiger partial charge in [0.15, 0.2) is 5.65 Å². The minimum atomic E-state index is -3.25. The van der Waals surface area contributed by atoms with E-state index in [0.29, 0.717) is 43.5 Å². The van der Waals surface area contributed by atoms with Gasteiger partial charge in [-0.1, -0.05) is 6.92 Å². The van der Waals surface area contributed by atoms with Crippen molar-refractivity contribution in [2.24, 2.45) is 0 Å². The molecule has 0 amide bonds. The second-order valence-corrected chi connectivity index (χ2v) is 8.51. The Morgan fingerprint density at radius 2 is 2.04 bits per heavy atom. The molecule has 1 saturated heterocycles. The standard InChI is InChI=1S/C16H22N4O5S/c1-2-10-26(24,25)18-8-5-12(6-9-18)20-15-13(4-3-7-17-15)19(16(20)23)11-14(21)22/h3-4,7,12H,2,5-6,8-11H2,1H3,(H,21,22). The summed E-state index contributed by atoms with van der Waals surface area (Å²) in [4.78, 5) is 28.2. The van der Waals surface area contributed by atoms with Crippen LogP contribution in [-0.4, -0.2) is 56.8 Å². The van der Waals surface area contributed by atoms with E-state index in [1.165, 1.54) is 13.4 Å². The smallest absolute Gasteiger partial charge is 0.331 e. The van der Waals surface area contributed by atoms with Crippen molar-refractivity contribution in [3.05, 3.63) is 28.8 Å². The number of rotatable bonds is 6. The number of carboxylic acid groups (broad SMARTS) is 1. The first-order chi connectivity index (χ1) is 12.3. The van der Waals surface area contributed by atoms with Gasteiger partial charge >= 0.3 is 11.7 Å². The van der Waals surface area contributed by atoms with Gasteiger partial charge < -0.3 is 5.11 Å². The van der Waals surface area contributed by atoms with Crippen LogP contribution in [0.25, 0.3) is 11.2 Å². The van der Waals surface area contributed by atoms with Gasteiger partial charge in [-0.15, -0.1) is 0 Å². The molecule has 2 aromatic heterocycles. The lowest BCUT2D eigenvalue weighted by molar-refractivity contribution is -0.137. The molecule has 26 heavy (non-hydrogen) atoms. The van der Waals surface area contributed by atoms with Gasteiger partial charge in [-0.05, 0) is 31.4 Å². The van der Waals surface area contributed by atoms with Crippen LogP contribution in [-0.2, 0) is 21.4 Å². The molecular weight excluding hydrogens is 360 g/mol. The summed E-state index contributed by atoms with van der Waals surface area (Å²) in [5.41, 5.74) is 0.491. The third-order valence-corrected chi connectivity index (χ3v) is 6.74. The summed E-state index contributed by atoms with van der Waals surface area (Å²) in [5.74, 6) is -0.979. The molecule has 0 atom stereocenters. The Bertz CT molecular complexity index is 970. The quantitative estimate of drug-likeness (QED) is 0.785. The van der Waals surface area contributed by atoms with E-state index < -0.39 is 28.2 Å². The number of hydrogen-bond donors (Lipinski definition) is 1. The normalized spacial score (nSPS) is 17.0. The van der Waals surface area contributed by atoms with Crippen LogP contribution in [0.3, 0.4) is 0 Å². The lowest BCUT2D eigenvalue weighted by Gasteiger charge is -2.31. The van der Waals surface area contributed by atoms with E-state index >= 15 is 0 Å². The highest BCUT2D eigenvalue weighted by Gasteiger charge is 2.30. The summed E-state index contributed by atoms with van der Waals surface area (Å²) < 4.78 is 28.6. The zero-order valence-electron chi connectivity index (χ0n) is 14.5. The van der Waals surface area contributed by atoms with E-state index in [0.717, 1.165) is 0 Å². The predicted octanol–water partition coefficient (Wildman–Crippen LogP) is 0.659. The van der Waals surface area contributed by atoms with Crippen LogP contribution < -0.4 is 5.69 Å². The number of nitrogens with zero attached hydrogens (tertiary/aromatic N) is 4. The zero-order chi connectivity index (χ0) is 18.9. The third-order valence-electron chi connectivity index (χ3n) is 4.66. The molecule has 0 aromatic carbocycles. The zero-order valence-corrected chi connectivity index (χ0v) is 15.4. The molecule has 1 aliphatic heterocycles. The number of carbonyl (C=O) groups is 1. The van der Waals surface area contributed by atoms with Crippen molar-refractivity contribution in [1.82, 2.24) is 18.4 Å². The van der Waals surface area contributed by atoms with Gasteiger partial charge in [0.1, 0.15) is 6.54 Å². The van der Waals surface area contributed by atoms with Crippen molar-refractivity contribution in [2.75, 3.05) is 18.8 Å². The summed E-state index contributed by atoms with van der Waals surface area (Å²) >= 11 is 0. The van der Waals surface area contributed by atoms with E-state index in [4.69, 9.17) is 5.11 Å². The van der Waals surface area contributed by atoms with Gasteiger partial charge in [0, 0.05) is 25.3 Å². The minimum Gasteiger partial charge on any atom is -0.480 e. The van der Waals surface area contributed by atoms with Gasteiger partial charge in [0.2, 0.25) is 10.0 Å². The van der Waals surface area contributed by atoms with Crippen molar-refractivity contribution in [1.29, 1.82) is 0 Å². The second-order valence-electron chi connectivity index (χ2n) is 6.42. The van der Waals surface area contributed by atoms with E-state index in [9.17, 15) is 18.0 Å². The lowest BCUT2D eigenvalue weighted by Crippen LogP contribution is -2.42. The van der Waals surface area contributed by atoms with Crippen molar-refractivity contribution in [3.63, 3.8) is 0 Å². The second kappa shape index (κ2) is 7.20. The van der Waals surface area contributed by atoms with Gasteiger partial charge in [0.25, 0.3) is 0 Å². The summed E-state index contributed by atoms with van der Waals surface area (Å²) in [5, 5.41) is 9.08. The molecule has 1 N–H and O–H groups in total. The fourth-order valence-corrected chi connectivity index (χ4v) is 5.03. The van der Waals surface area contributed by atoms with Gasteiger partial charge in [-0.2, -0.15) is 0 Å². The Hall–Kier alpha value is -2.20. The molecule has 1 fully saturated rings. The van der Waals surface area contributed by atoms with Crippen LogP contribution in [0.2, 0.25) is 0 Å². The number of hydrogen-bond acceptors (Lipinski definition) is 5. The maximum atomic E-state index is 12.8. The molecular formula is C16H22N4O5S. The van der Waals surface area contributed by atoms with Gasteiger partial charge in [-0.25, -0.2) is 22.5 Å². The Labute approximate surface area is 150 Å². The van der Waals surface area contributed by atoms with Crippen LogP contribution in [0.4, 0.5) is 0 Å². The fraction of sp³-hybridized carbons (Fsp3) is 0.562. The molecule has 10 heteroatoms. The van der Waals surface area contributed by atoms with Crippen LogP contribution in [0.5, 0.6) is 0 Å². The Kier molecular flexibility index (Phi) is 5.15. The maximum absolute atomic E-state index is 12.8. The Morgan fingerprint density at radius 3 is 2.65 bits per heavy atom. The first-order valence-electron chi connectivity index (χ1n) is 8.60. The number of aromatic nitrogens is 3. The van der Waals surface area contributed by atoms with E-state index in [1.54, 1.807) is 18.3 Å². The number of piperidine rings is 1. The fourth-order valence-electron chi connectivity index (χ4n) is 3.49. The molecule has 3 rings (SSSR count). The van der Waals surface area contributed by atoms with Crippen molar-refractivity contribution in [3.8, 4) is 0 Å². The number of imidazole rings is 1. The van der Waals surface area contributed by atoms with E-state index in [2.05, 4.69) is 4.98 Å². The minimum absolute atomic E-state index is 0.122. The molecule has 1 aliphatic rings. The highest BCUT2D eigenvalue weighted by Crippen LogP contribution is 2.26. The topological polar surface area (TPSA) is 114 Å². The molecule has 9 nitrogen and oxygen atoms in total. The van der Waals surface area contributed by atoms with Crippen molar-refractivity contribution < 1.29 is 18.3 Å². The summed E-state index contributed by atoms with van der Waals surface area (Å²) in [7, 11) is -3.25. The molecule has 2 aromatic rings. The van der Waals surface area contributed by atoms with Crippen LogP contribution in [0, 0.1) is 0 Å². The molecule has 0 saturated carbocycles. The maximum Gasteiger partial charge on any atom is 0.331 e. The van der Waals surface area contributed by atoms with Crippen LogP contribution >= 0.6 is 0 Å². The van der Waals surface area contributed by atoms with Crippen LogP contribution in [0.15, 0.2) is 23.1 Å². The first kappa shape index (κ1) is 18.6. The highest BCUT2D eigenvalue weighted by atomic mass is 32.2. The van der Waals surface area contributed by atoms with E-state index in [-0.39, 0.29) is 11.8 Å². The Balaban J connectivity index is 1.92. The molecule has 0 aliphatic carbocycles. The largest absolute Gasteiger partial charge is 0.480 e. The van der Waals surface area contributed by atoms with Crippen molar-refractivity contribution in [2.45, 2.75) is 38.8 Å². The number of carboxylic acids is 1. The number of pyridine rings is 1. The third kappa shape index (κ3) is 3.38.